The number of anilines is 1. The van der Waals surface area contributed by atoms with Gasteiger partial charge in [-0.25, -0.2) is 0 Å². The van der Waals surface area contributed by atoms with Gasteiger partial charge < -0.3 is 16.8 Å². The van der Waals surface area contributed by atoms with Gasteiger partial charge in [-0.1, -0.05) is 0 Å². The van der Waals surface area contributed by atoms with Crippen LogP contribution in [0.15, 0.2) is 18.2 Å². The van der Waals surface area contributed by atoms with Gasteiger partial charge in [0.05, 0.1) is 11.1 Å². The monoisotopic (exact) mass is 287 g/mol. The summed E-state index contributed by atoms with van der Waals surface area (Å²) in [6, 6.07) is 3.30. The lowest BCUT2D eigenvalue weighted by Crippen LogP contribution is -2.35. The number of alkyl halides is 3. The fourth-order valence-electron chi connectivity index (χ4n) is 2.47. The Morgan fingerprint density at radius 2 is 2.00 bits per heavy atom. The van der Waals surface area contributed by atoms with Crippen LogP contribution in [0.3, 0.4) is 0 Å². The van der Waals surface area contributed by atoms with Crippen molar-refractivity contribution in [3.8, 4) is 0 Å². The first kappa shape index (κ1) is 14.6. The van der Waals surface area contributed by atoms with E-state index in [9.17, 15) is 18.0 Å². The van der Waals surface area contributed by atoms with Gasteiger partial charge >= 0.3 is 6.18 Å². The number of carbonyl (C=O) groups is 1. The lowest BCUT2D eigenvalue weighted by Gasteiger charge is -2.20. The standard InChI is InChI=1S/C13H16F3N3O/c14-13(15,16)9-6-7(4-5-8(9)12(18)20)19-11-3-1-2-10(11)17/h4-6,10-11,19H,1-3,17H2,(H2,18,20). The molecule has 1 fully saturated rings. The Kier molecular flexibility index (Phi) is 3.89. The van der Waals surface area contributed by atoms with Crippen LogP contribution in [0.25, 0.3) is 0 Å². The molecule has 1 aliphatic carbocycles. The molecule has 0 saturated heterocycles. The van der Waals surface area contributed by atoms with Gasteiger partial charge in [0.2, 0.25) is 5.91 Å². The van der Waals surface area contributed by atoms with E-state index in [4.69, 9.17) is 11.5 Å². The topological polar surface area (TPSA) is 81.1 Å². The maximum Gasteiger partial charge on any atom is 0.417 e. The second-order valence-electron chi connectivity index (χ2n) is 4.97. The van der Waals surface area contributed by atoms with Crippen LogP contribution < -0.4 is 16.8 Å². The molecular weight excluding hydrogens is 271 g/mol. The summed E-state index contributed by atoms with van der Waals surface area (Å²) in [5.74, 6) is -1.10. The van der Waals surface area contributed by atoms with E-state index < -0.39 is 23.2 Å². The summed E-state index contributed by atoms with van der Waals surface area (Å²) in [7, 11) is 0. The Bertz CT molecular complexity index is 516. The Labute approximate surface area is 114 Å². The van der Waals surface area contributed by atoms with Gasteiger partial charge in [-0.15, -0.1) is 0 Å². The Morgan fingerprint density at radius 3 is 2.50 bits per heavy atom. The van der Waals surface area contributed by atoms with Crippen LogP contribution in [-0.2, 0) is 6.18 Å². The SMILES string of the molecule is NC(=O)c1ccc(NC2CCCC2N)cc1C(F)(F)F. The quantitative estimate of drug-likeness (QED) is 0.796. The van der Waals surface area contributed by atoms with Crippen molar-refractivity contribution in [1.82, 2.24) is 0 Å². The maximum absolute atomic E-state index is 12.9. The first-order valence-corrected chi connectivity index (χ1v) is 6.32. The molecule has 2 rings (SSSR count). The molecule has 2 unspecified atom stereocenters. The van der Waals surface area contributed by atoms with Crippen molar-refractivity contribution < 1.29 is 18.0 Å². The first-order valence-electron chi connectivity index (χ1n) is 6.32. The van der Waals surface area contributed by atoms with Crippen LogP contribution in [-0.4, -0.2) is 18.0 Å². The highest BCUT2D eigenvalue weighted by molar-refractivity contribution is 5.95. The normalized spacial score (nSPS) is 22.8. The summed E-state index contributed by atoms with van der Waals surface area (Å²) >= 11 is 0. The second-order valence-corrected chi connectivity index (χ2v) is 4.97. The number of amides is 1. The summed E-state index contributed by atoms with van der Waals surface area (Å²) in [5.41, 5.74) is 9.58. The molecule has 1 amide bonds. The molecule has 0 spiro atoms. The molecule has 1 saturated carbocycles. The van der Waals surface area contributed by atoms with E-state index in [2.05, 4.69) is 5.32 Å². The summed E-state index contributed by atoms with van der Waals surface area (Å²) in [6.45, 7) is 0. The number of benzene rings is 1. The van der Waals surface area contributed by atoms with Gasteiger partial charge in [-0.2, -0.15) is 13.2 Å². The highest BCUT2D eigenvalue weighted by Crippen LogP contribution is 2.34. The molecule has 0 bridgehead atoms. The summed E-state index contributed by atoms with van der Waals surface area (Å²) in [4.78, 5) is 11.1. The number of carbonyl (C=O) groups excluding carboxylic acids is 1. The van der Waals surface area contributed by atoms with Crippen LogP contribution in [0.4, 0.5) is 18.9 Å². The number of hydrogen-bond acceptors (Lipinski definition) is 3. The third kappa shape index (κ3) is 3.04. The molecule has 0 aromatic heterocycles. The molecule has 7 heteroatoms. The third-order valence-corrected chi connectivity index (χ3v) is 3.51. The number of rotatable bonds is 3. The molecule has 2 atom stereocenters. The van der Waals surface area contributed by atoms with E-state index in [0.29, 0.717) is 5.69 Å². The number of halogens is 3. The van der Waals surface area contributed by atoms with E-state index in [1.165, 1.54) is 6.07 Å². The van der Waals surface area contributed by atoms with E-state index >= 15 is 0 Å². The predicted molar refractivity (Wildman–Crippen MR) is 69.2 cm³/mol. The van der Waals surface area contributed by atoms with Crippen LogP contribution >= 0.6 is 0 Å². The molecule has 0 aliphatic heterocycles. The molecule has 1 aromatic rings. The zero-order valence-corrected chi connectivity index (χ0v) is 10.7. The molecule has 20 heavy (non-hydrogen) atoms. The number of nitrogens with one attached hydrogen (secondary N) is 1. The van der Waals surface area contributed by atoms with Gasteiger partial charge in [0.15, 0.2) is 0 Å². The van der Waals surface area contributed by atoms with Crippen molar-refractivity contribution in [1.29, 1.82) is 0 Å². The van der Waals surface area contributed by atoms with E-state index in [1.54, 1.807) is 0 Å². The van der Waals surface area contributed by atoms with Crippen molar-refractivity contribution in [2.75, 3.05) is 5.32 Å². The first-order chi connectivity index (χ1) is 9.29. The summed E-state index contributed by atoms with van der Waals surface area (Å²) in [5, 5.41) is 2.99. The van der Waals surface area contributed by atoms with E-state index in [0.717, 1.165) is 31.4 Å². The molecule has 0 radical (unpaired) electrons. The summed E-state index contributed by atoms with van der Waals surface area (Å²) in [6.07, 6.45) is -2.01. The van der Waals surface area contributed by atoms with Crippen molar-refractivity contribution >= 4 is 11.6 Å². The van der Waals surface area contributed by atoms with Crippen molar-refractivity contribution in [2.45, 2.75) is 37.5 Å². The fourth-order valence-corrected chi connectivity index (χ4v) is 2.47. The molecule has 110 valence electrons. The minimum atomic E-state index is -4.63. The summed E-state index contributed by atoms with van der Waals surface area (Å²) < 4.78 is 38.8. The van der Waals surface area contributed by atoms with Gasteiger partial charge in [0.1, 0.15) is 0 Å². The smallest absolute Gasteiger partial charge is 0.381 e. The number of nitrogens with two attached hydrogens (primary N) is 2. The Balaban J connectivity index is 2.30. The molecule has 1 aliphatic rings. The second kappa shape index (κ2) is 5.32. The van der Waals surface area contributed by atoms with Crippen molar-refractivity contribution in [3.05, 3.63) is 29.3 Å². The number of hydrogen-bond donors (Lipinski definition) is 3. The largest absolute Gasteiger partial charge is 0.417 e. The molecule has 1 aromatic carbocycles. The average molecular weight is 287 g/mol. The van der Waals surface area contributed by atoms with Crippen molar-refractivity contribution in [2.24, 2.45) is 11.5 Å². The minimum absolute atomic E-state index is 0.0458. The fraction of sp³-hybridized carbons (Fsp3) is 0.462. The number of primary amides is 1. The zero-order chi connectivity index (χ0) is 14.9. The maximum atomic E-state index is 12.9. The Hall–Kier alpha value is -1.76. The molecule has 0 heterocycles. The lowest BCUT2D eigenvalue weighted by molar-refractivity contribution is -0.137. The van der Waals surface area contributed by atoms with Crippen LogP contribution in [0, 0.1) is 0 Å². The van der Waals surface area contributed by atoms with Gasteiger partial charge in [0.25, 0.3) is 0 Å². The van der Waals surface area contributed by atoms with Crippen LogP contribution in [0.1, 0.15) is 35.2 Å². The molecule has 5 N–H and O–H groups in total. The minimum Gasteiger partial charge on any atom is -0.381 e. The van der Waals surface area contributed by atoms with E-state index in [-0.39, 0.29) is 12.1 Å². The zero-order valence-electron chi connectivity index (χ0n) is 10.7. The Morgan fingerprint density at radius 1 is 1.30 bits per heavy atom. The van der Waals surface area contributed by atoms with Crippen LogP contribution in [0.2, 0.25) is 0 Å². The third-order valence-electron chi connectivity index (χ3n) is 3.51. The lowest BCUT2D eigenvalue weighted by atomic mass is 10.0. The van der Waals surface area contributed by atoms with Gasteiger partial charge in [0, 0.05) is 17.8 Å². The van der Waals surface area contributed by atoms with Gasteiger partial charge in [-0.05, 0) is 37.5 Å². The van der Waals surface area contributed by atoms with E-state index in [1.807, 2.05) is 0 Å². The van der Waals surface area contributed by atoms with Crippen LogP contribution in [0.5, 0.6) is 0 Å². The van der Waals surface area contributed by atoms with Gasteiger partial charge in [-0.3, -0.25) is 4.79 Å². The molecule has 4 nitrogen and oxygen atoms in total. The van der Waals surface area contributed by atoms with Crippen molar-refractivity contribution in [3.63, 3.8) is 0 Å². The highest BCUT2D eigenvalue weighted by Gasteiger charge is 2.35. The molecular formula is C13H16F3N3O. The highest BCUT2D eigenvalue weighted by atomic mass is 19.4. The average Bonchev–Trinajstić information content (AvgIpc) is 2.73. The predicted octanol–water partition coefficient (Wildman–Crippen LogP) is 2.10.